The second-order valence-electron chi connectivity index (χ2n) is 3.27. The van der Waals surface area contributed by atoms with Gasteiger partial charge in [-0.25, -0.2) is 0 Å². The van der Waals surface area contributed by atoms with Crippen LogP contribution in [0.5, 0.6) is 5.75 Å². The fourth-order valence-electron chi connectivity index (χ4n) is 1.22. The average molecular weight is 235 g/mol. The van der Waals surface area contributed by atoms with Crippen molar-refractivity contribution in [1.29, 1.82) is 0 Å². The second-order valence-corrected chi connectivity index (χ2v) is 3.27. The van der Waals surface area contributed by atoms with E-state index in [1.165, 1.54) is 19.2 Å². The molecule has 0 aliphatic heterocycles. The summed E-state index contributed by atoms with van der Waals surface area (Å²) in [5, 5.41) is 19.2. The largest absolute Gasteiger partial charge is 0.495 e. The molecule has 0 spiro atoms. The molecule has 1 aromatic carbocycles. The van der Waals surface area contributed by atoms with Crippen LogP contribution >= 0.6 is 0 Å². The SMILES string of the molecule is COc1cc([N+](=O)[O-])ccc1C#CCCCO. The zero-order valence-corrected chi connectivity index (χ0v) is 9.47. The first-order valence-electron chi connectivity index (χ1n) is 5.11. The van der Waals surface area contributed by atoms with Crippen LogP contribution in [0.2, 0.25) is 0 Å². The summed E-state index contributed by atoms with van der Waals surface area (Å²) in [4.78, 5) is 10.1. The third-order valence-electron chi connectivity index (χ3n) is 2.08. The van der Waals surface area contributed by atoms with Crippen molar-refractivity contribution in [1.82, 2.24) is 0 Å². The first kappa shape index (κ1) is 13.0. The number of ether oxygens (including phenoxy) is 1. The maximum Gasteiger partial charge on any atom is 0.273 e. The zero-order chi connectivity index (χ0) is 12.7. The van der Waals surface area contributed by atoms with Gasteiger partial charge in [-0.05, 0) is 12.5 Å². The molecule has 0 bridgehead atoms. The van der Waals surface area contributed by atoms with Crippen molar-refractivity contribution < 1.29 is 14.8 Å². The molecule has 5 nitrogen and oxygen atoms in total. The van der Waals surface area contributed by atoms with Crippen molar-refractivity contribution in [3.63, 3.8) is 0 Å². The van der Waals surface area contributed by atoms with Crippen molar-refractivity contribution >= 4 is 5.69 Å². The lowest BCUT2D eigenvalue weighted by Crippen LogP contribution is -1.92. The highest BCUT2D eigenvalue weighted by atomic mass is 16.6. The highest BCUT2D eigenvalue weighted by Gasteiger charge is 2.09. The molecule has 0 saturated heterocycles. The van der Waals surface area contributed by atoms with Crippen LogP contribution < -0.4 is 4.74 Å². The predicted octanol–water partition coefficient (Wildman–Crippen LogP) is 1.73. The van der Waals surface area contributed by atoms with E-state index in [4.69, 9.17) is 9.84 Å². The zero-order valence-electron chi connectivity index (χ0n) is 9.47. The first-order valence-corrected chi connectivity index (χ1v) is 5.11. The number of aliphatic hydroxyl groups excluding tert-OH is 1. The van der Waals surface area contributed by atoms with Gasteiger partial charge in [0.25, 0.3) is 5.69 Å². The van der Waals surface area contributed by atoms with Gasteiger partial charge in [-0.3, -0.25) is 10.1 Å². The van der Waals surface area contributed by atoms with Crippen LogP contribution in [0, 0.1) is 22.0 Å². The van der Waals surface area contributed by atoms with E-state index in [0.29, 0.717) is 24.2 Å². The number of hydrogen-bond acceptors (Lipinski definition) is 4. The van der Waals surface area contributed by atoms with Crippen LogP contribution in [0.15, 0.2) is 18.2 Å². The van der Waals surface area contributed by atoms with Gasteiger partial charge in [-0.15, -0.1) is 0 Å². The van der Waals surface area contributed by atoms with E-state index in [9.17, 15) is 10.1 Å². The minimum atomic E-state index is -0.481. The van der Waals surface area contributed by atoms with Crippen molar-refractivity contribution in [3.8, 4) is 17.6 Å². The minimum Gasteiger partial charge on any atom is -0.495 e. The number of nitro benzene ring substituents is 1. The molecule has 0 amide bonds. The number of unbranched alkanes of at least 4 members (excludes halogenated alkanes) is 1. The first-order chi connectivity index (χ1) is 8.19. The third kappa shape index (κ3) is 3.78. The molecule has 0 radical (unpaired) electrons. The van der Waals surface area contributed by atoms with Crippen molar-refractivity contribution in [2.75, 3.05) is 13.7 Å². The van der Waals surface area contributed by atoms with E-state index in [1.54, 1.807) is 6.07 Å². The molecule has 1 N–H and O–H groups in total. The smallest absolute Gasteiger partial charge is 0.273 e. The molecule has 0 aromatic heterocycles. The number of aliphatic hydroxyl groups is 1. The number of methoxy groups -OCH3 is 1. The van der Waals surface area contributed by atoms with Gasteiger partial charge in [0, 0.05) is 19.1 Å². The predicted molar refractivity (Wildman–Crippen MR) is 62.8 cm³/mol. The van der Waals surface area contributed by atoms with Crippen molar-refractivity contribution in [2.45, 2.75) is 12.8 Å². The van der Waals surface area contributed by atoms with Crippen molar-refractivity contribution in [3.05, 3.63) is 33.9 Å². The second kappa shape index (κ2) is 6.51. The molecular weight excluding hydrogens is 222 g/mol. The molecule has 0 heterocycles. The minimum absolute atomic E-state index is 0.0252. The molecule has 0 fully saturated rings. The topological polar surface area (TPSA) is 72.6 Å². The van der Waals surface area contributed by atoms with E-state index in [1.807, 2.05) is 0 Å². The van der Waals surface area contributed by atoms with Gasteiger partial charge < -0.3 is 9.84 Å². The fraction of sp³-hybridized carbons (Fsp3) is 0.333. The molecule has 0 aliphatic carbocycles. The number of nitro groups is 1. The summed E-state index contributed by atoms with van der Waals surface area (Å²) in [7, 11) is 1.44. The molecule has 1 rings (SSSR count). The summed E-state index contributed by atoms with van der Waals surface area (Å²) in [6.07, 6.45) is 1.19. The molecule has 90 valence electrons. The lowest BCUT2D eigenvalue weighted by Gasteiger charge is -2.02. The van der Waals surface area contributed by atoms with E-state index in [0.717, 1.165) is 0 Å². The van der Waals surface area contributed by atoms with E-state index < -0.39 is 4.92 Å². The number of benzene rings is 1. The van der Waals surface area contributed by atoms with Crippen LogP contribution in [-0.4, -0.2) is 23.7 Å². The van der Waals surface area contributed by atoms with Crippen LogP contribution in [0.25, 0.3) is 0 Å². The Labute approximate surface area is 99.2 Å². The maximum atomic E-state index is 10.6. The number of nitrogens with zero attached hydrogens (tertiary/aromatic N) is 1. The van der Waals surface area contributed by atoms with Gasteiger partial charge in [0.05, 0.1) is 23.7 Å². The molecular formula is C12H13NO4. The Kier molecular flexibility index (Phi) is 4.98. The fourth-order valence-corrected chi connectivity index (χ4v) is 1.22. The van der Waals surface area contributed by atoms with E-state index in [2.05, 4.69) is 11.8 Å². The Bertz CT molecular complexity index is 459. The monoisotopic (exact) mass is 235 g/mol. The number of hydrogen-bond donors (Lipinski definition) is 1. The quantitative estimate of drug-likeness (QED) is 0.373. The Morgan fingerprint density at radius 1 is 1.53 bits per heavy atom. The highest BCUT2D eigenvalue weighted by Crippen LogP contribution is 2.23. The van der Waals surface area contributed by atoms with Gasteiger partial charge in [0.2, 0.25) is 0 Å². The summed E-state index contributed by atoms with van der Waals surface area (Å²) < 4.78 is 5.04. The van der Waals surface area contributed by atoms with Gasteiger partial charge in [0.15, 0.2) is 0 Å². The lowest BCUT2D eigenvalue weighted by molar-refractivity contribution is -0.384. The normalized spacial score (nSPS) is 9.29. The molecule has 0 saturated carbocycles. The number of non-ortho nitro benzene ring substituents is 1. The van der Waals surface area contributed by atoms with Gasteiger partial charge in [-0.1, -0.05) is 11.8 Å². The standard InChI is InChI=1S/C12H13NO4/c1-17-12-9-11(13(15)16)7-6-10(12)5-3-2-4-8-14/h6-7,9,14H,2,4,8H2,1H3. The summed E-state index contributed by atoms with van der Waals surface area (Å²) in [5.41, 5.74) is 0.582. The Morgan fingerprint density at radius 3 is 2.88 bits per heavy atom. The van der Waals surface area contributed by atoms with Crippen molar-refractivity contribution in [2.24, 2.45) is 0 Å². The van der Waals surface area contributed by atoms with Crippen LogP contribution in [-0.2, 0) is 0 Å². The van der Waals surface area contributed by atoms with Gasteiger partial charge in [-0.2, -0.15) is 0 Å². The Morgan fingerprint density at radius 2 is 2.29 bits per heavy atom. The summed E-state index contributed by atoms with van der Waals surface area (Å²) in [6.45, 7) is 0.103. The molecule has 0 atom stereocenters. The molecule has 0 aliphatic rings. The lowest BCUT2D eigenvalue weighted by atomic mass is 10.1. The Hall–Kier alpha value is -2.06. The molecule has 0 unspecified atom stereocenters. The molecule has 1 aromatic rings. The summed E-state index contributed by atoms with van der Waals surface area (Å²) >= 11 is 0. The third-order valence-corrected chi connectivity index (χ3v) is 2.08. The molecule has 5 heteroatoms. The van der Waals surface area contributed by atoms with Crippen LogP contribution in [0.3, 0.4) is 0 Å². The maximum absolute atomic E-state index is 10.6. The summed E-state index contributed by atoms with van der Waals surface area (Å²) in [6, 6.07) is 4.29. The number of rotatable bonds is 4. The van der Waals surface area contributed by atoms with Crippen LogP contribution in [0.4, 0.5) is 5.69 Å². The van der Waals surface area contributed by atoms with E-state index in [-0.39, 0.29) is 12.3 Å². The average Bonchev–Trinajstić information content (AvgIpc) is 2.34. The van der Waals surface area contributed by atoms with Gasteiger partial charge in [0.1, 0.15) is 5.75 Å². The van der Waals surface area contributed by atoms with Crippen LogP contribution in [0.1, 0.15) is 18.4 Å². The highest BCUT2D eigenvalue weighted by molar-refractivity contribution is 5.51. The van der Waals surface area contributed by atoms with Gasteiger partial charge >= 0.3 is 0 Å². The van der Waals surface area contributed by atoms with E-state index >= 15 is 0 Å². The summed E-state index contributed by atoms with van der Waals surface area (Å²) in [5.74, 6) is 6.11. The Balaban J connectivity index is 2.91. The molecule has 17 heavy (non-hydrogen) atoms.